The van der Waals surface area contributed by atoms with Crippen LogP contribution >= 0.6 is 0 Å². The Kier molecular flexibility index (Phi) is 5.01. The molecule has 8 heteroatoms. The first-order valence-electron chi connectivity index (χ1n) is 9.35. The van der Waals surface area contributed by atoms with Gasteiger partial charge in [-0.05, 0) is 18.4 Å². The molecule has 1 aromatic carbocycles. The minimum absolute atomic E-state index is 0.00191. The summed E-state index contributed by atoms with van der Waals surface area (Å²) in [5.41, 5.74) is 2.51. The van der Waals surface area contributed by atoms with E-state index >= 15 is 0 Å². The number of hydrogen-bond donors (Lipinski definition) is 0. The van der Waals surface area contributed by atoms with Crippen molar-refractivity contribution >= 4 is 15.9 Å². The van der Waals surface area contributed by atoms with Crippen molar-refractivity contribution in [1.82, 2.24) is 18.8 Å². The largest absolute Gasteiger partial charge is 0.337 e. The van der Waals surface area contributed by atoms with Gasteiger partial charge in [0.2, 0.25) is 15.9 Å². The van der Waals surface area contributed by atoms with Gasteiger partial charge in [-0.3, -0.25) is 4.79 Å². The molecule has 7 nitrogen and oxygen atoms in total. The maximum atomic E-state index is 13.0. The van der Waals surface area contributed by atoms with Crippen molar-refractivity contribution in [2.75, 3.05) is 13.1 Å². The predicted octanol–water partition coefficient (Wildman–Crippen LogP) is 1.74. The molecule has 1 amide bonds. The molecule has 2 aromatic rings. The molecule has 0 N–H and O–H groups in total. The van der Waals surface area contributed by atoms with Crippen LogP contribution < -0.4 is 0 Å². The lowest BCUT2D eigenvalue weighted by Crippen LogP contribution is -2.32. The smallest absolute Gasteiger partial charge is 0.222 e. The Balaban J connectivity index is 1.55. The highest BCUT2D eigenvalue weighted by Crippen LogP contribution is 2.23. The fraction of sp³-hybridized carbons (Fsp3) is 0.474. The van der Waals surface area contributed by atoms with Crippen LogP contribution in [0, 0.1) is 0 Å². The Morgan fingerprint density at radius 2 is 1.85 bits per heavy atom. The van der Waals surface area contributed by atoms with Gasteiger partial charge in [0, 0.05) is 26.1 Å². The average Bonchev–Trinajstić information content (AvgIpc) is 3.14. The van der Waals surface area contributed by atoms with E-state index < -0.39 is 10.0 Å². The van der Waals surface area contributed by atoms with E-state index in [4.69, 9.17) is 0 Å². The molecular weight excluding hydrogens is 364 g/mol. The Hall–Kier alpha value is -2.19. The van der Waals surface area contributed by atoms with Crippen LogP contribution in [-0.4, -0.2) is 46.2 Å². The van der Waals surface area contributed by atoms with E-state index in [1.54, 1.807) is 10.6 Å². The number of fused-ring (bicyclic) bond motifs is 1. The number of aryl methyl sites for hydroxylation is 1. The third-order valence-electron chi connectivity index (χ3n) is 5.26. The van der Waals surface area contributed by atoms with Gasteiger partial charge >= 0.3 is 0 Å². The highest BCUT2D eigenvalue weighted by molar-refractivity contribution is 7.88. The molecule has 2 aliphatic heterocycles. The van der Waals surface area contributed by atoms with Gasteiger partial charge in [-0.1, -0.05) is 30.3 Å². The minimum atomic E-state index is -3.42. The topological polar surface area (TPSA) is 75.5 Å². The summed E-state index contributed by atoms with van der Waals surface area (Å²) in [7, 11) is -3.42. The van der Waals surface area contributed by atoms with Gasteiger partial charge < -0.3 is 9.47 Å². The third-order valence-corrected chi connectivity index (χ3v) is 7.06. The SMILES string of the molecule is O=C1CCCN1Cc1ncn2c1CN(S(=O)(=O)Cc1ccccc1)CCC2. The number of amides is 1. The first-order valence-corrected chi connectivity index (χ1v) is 11.0. The lowest BCUT2D eigenvalue weighted by Gasteiger charge is -2.21. The summed E-state index contributed by atoms with van der Waals surface area (Å²) < 4.78 is 29.6. The van der Waals surface area contributed by atoms with Crippen molar-refractivity contribution in [3.05, 3.63) is 53.6 Å². The zero-order valence-electron chi connectivity index (χ0n) is 15.2. The summed E-state index contributed by atoms with van der Waals surface area (Å²) in [5, 5.41) is 0. The molecule has 0 saturated carbocycles. The predicted molar refractivity (Wildman–Crippen MR) is 101 cm³/mol. The molecule has 0 aliphatic carbocycles. The lowest BCUT2D eigenvalue weighted by atomic mass is 10.2. The Morgan fingerprint density at radius 1 is 1.04 bits per heavy atom. The highest BCUT2D eigenvalue weighted by Gasteiger charge is 2.29. The number of rotatable bonds is 5. The number of nitrogens with zero attached hydrogens (tertiary/aromatic N) is 4. The van der Waals surface area contributed by atoms with E-state index in [0.717, 1.165) is 42.9 Å². The fourth-order valence-corrected chi connectivity index (χ4v) is 5.31. The van der Waals surface area contributed by atoms with Gasteiger partial charge in [0.25, 0.3) is 0 Å². The number of carbonyl (C=O) groups excluding carboxylic acids is 1. The first kappa shape index (κ1) is 18.2. The van der Waals surface area contributed by atoms with Gasteiger partial charge in [-0.25, -0.2) is 13.4 Å². The van der Waals surface area contributed by atoms with Crippen molar-refractivity contribution in [3.63, 3.8) is 0 Å². The van der Waals surface area contributed by atoms with Crippen LogP contribution in [0.15, 0.2) is 36.7 Å². The number of sulfonamides is 1. The zero-order chi connectivity index (χ0) is 18.9. The summed E-state index contributed by atoms with van der Waals surface area (Å²) in [6, 6.07) is 9.27. The molecule has 1 fully saturated rings. The van der Waals surface area contributed by atoms with E-state index in [-0.39, 0.29) is 11.7 Å². The van der Waals surface area contributed by atoms with Gasteiger partial charge in [-0.2, -0.15) is 4.31 Å². The Labute approximate surface area is 159 Å². The Bertz CT molecular complexity index is 924. The van der Waals surface area contributed by atoms with Crippen LogP contribution in [0.2, 0.25) is 0 Å². The molecule has 0 bridgehead atoms. The van der Waals surface area contributed by atoms with E-state index in [9.17, 15) is 13.2 Å². The van der Waals surface area contributed by atoms with Crippen molar-refractivity contribution in [2.24, 2.45) is 0 Å². The standard InChI is InChI=1S/C19H24N4O3S/c24-19-8-4-9-21(19)12-17-18-13-23(11-5-10-22(18)15-20-17)27(25,26)14-16-6-2-1-3-7-16/h1-3,6-7,15H,4-5,8-14H2. The van der Waals surface area contributed by atoms with Crippen LogP contribution in [0.25, 0.3) is 0 Å². The van der Waals surface area contributed by atoms with Crippen molar-refractivity contribution in [3.8, 4) is 0 Å². The first-order chi connectivity index (χ1) is 13.0. The molecule has 0 spiro atoms. The monoisotopic (exact) mass is 388 g/mol. The maximum absolute atomic E-state index is 13.0. The molecule has 27 heavy (non-hydrogen) atoms. The molecule has 0 unspecified atom stereocenters. The van der Waals surface area contributed by atoms with Crippen molar-refractivity contribution in [1.29, 1.82) is 0 Å². The summed E-state index contributed by atoms with van der Waals surface area (Å²) in [4.78, 5) is 18.3. The summed E-state index contributed by atoms with van der Waals surface area (Å²) >= 11 is 0. The van der Waals surface area contributed by atoms with Gasteiger partial charge in [-0.15, -0.1) is 0 Å². The number of hydrogen-bond acceptors (Lipinski definition) is 4. The van der Waals surface area contributed by atoms with E-state index in [0.29, 0.717) is 26.1 Å². The molecule has 144 valence electrons. The number of likely N-dealkylation sites (tertiary alicyclic amines) is 1. The molecule has 1 aromatic heterocycles. The number of carbonyl (C=O) groups is 1. The van der Waals surface area contributed by atoms with E-state index in [2.05, 4.69) is 4.98 Å². The molecule has 2 aliphatic rings. The highest BCUT2D eigenvalue weighted by atomic mass is 32.2. The average molecular weight is 388 g/mol. The number of benzene rings is 1. The van der Waals surface area contributed by atoms with Gasteiger partial charge in [0.1, 0.15) is 0 Å². The van der Waals surface area contributed by atoms with E-state index in [1.807, 2.05) is 39.8 Å². The molecular formula is C19H24N4O3S. The Morgan fingerprint density at radius 3 is 2.59 bits per heavy atom. The quantitative estimate of drug-likeness (QED) is 0.782. The van der Waals surface area contributed by atoms with Crippen LogP contribution in [-0.2, 0) is 40.2 Å². The second-order valence-corrected chi connectivity index (χ2v) is 9.15. The van der Waals surface area contributed by atoms with Crippen molar-refractivity contribution in [2.45, 2.75) is 44.6 Å². The normalized spacial score (nSPS) is 18.5. The number of imidazole rings is 1. The molecule has 0 atom stereocenters. The van der Waals surface area contributed by atoms with Crippen LogP contribution in [0.1, 0.15) is 36.2 Å². The summed E-state index contributed by atoms with van der Waals surface area (Å²) in [6.45, 7) is 2.77. The van der Waals surface area contributed by atoms with Crippen LogP contribution in [0.4, 0.5) is 0 Å². The molecule has 0 radical (unpaired) electrons. The maximum Gasteiger partial charge on any atom is 0.222 e. The van der Waals surface area contributed by atoms with Crippen molar-refractivity contribution < 1.29 is 13.2 Å². The fourth-order valence-electron chi connectivity index (χ4n) is 3.79. The van der Waals surface area contributed by atoms with E-state index in [1.165, 1.54) is 0 Å². The third kappa shape index (κ3) is 3.91. The molecule has 3 heterocycles. The number of aromatic nitrogens is 2. The molecule has 1 saturated heterocycles. The van der Waals surface area contributed by atoms with Gasteiger partial charge in [0.05, 0.1) is 36.6 Å². The van der Waals surface area contributed by atoms with Gasteiger partial charge in [0.15, 0.2) is 0 Å². The molecule has 4 rings (SSSR count). The summed E-state index contributed by atoms with van der Waals surface area (Å²) in [6.07, 6.45) is 4.00. The van der Waals surface area contributed by atoms with Crippen LogP contribution in [0.3, 0.4) is 0 Å². The van der Waals surface area contributed by atoms with Crippen LogP contribution in [0.5, 0.6) is 0 Å². The second kappa shape index (κ2) is 7.44. The minimum Gasteiger partial charge on any atom is -0.337 e. The second-order valence-electron chi connectivity index (χ2n) is 7.18. The summed E-state index contributed by atoms with van der Waals surface area (Å²) in [5.74, 6) is 0.154. The lowest BCUT2D eigenvalue weighted by molar-refractivity contribution is -0.128. The zero-order valence-corrected chi connectivity index (χ0v) is 16.1.